The highest BCUT2D eigenvalue weighted by Gasteiger charge is 2.37. The quantitative estimate of drug-likeness (QED) is 0.0741. The number of carbonyl (C=O) groups excluding carboxylic acids is 3. The number of esters is 2. The fourth-order valence-corrected chi connectivity index (χ4v) is 6.38. The van der Waals surface area contributed by atoms with E-state index in [4.69, 9.17) is 14.2 Å². The summed E-state index contributed by atoms with van der Waals surface area (Å²) in [6.45, 7) is 8.02. The molecule has 1 aliphatic rings. The molecule has 12 heteroatoms. The highest BCUT2D eigenvalue weighted by atomic mass is 32.2. The van der Waals surface area contributed by atoms with E-state index in [1.54, 1.807) is 54.6 Å². The lowest BCUT2D eigenvalue weighted by Gasteiger charge is -2.21. The zero-order valence-electron chi connectivity index (χ0n) is 26.8. The Morgan fingerprint density at radius 1 is 0.851 bits per heavy atom. The van der Waals surface area contributed by atoms with E-state index in [1.165, 1.54) is 36.4 Å². The van der Waals surface area contributed by atoms with Crippen molar-refractivity contribution in [1.29, 1.82) is 0 Å². The second-order valence-corrected chi connectivity index (χ2v) is 13.1. The first kappa shape index (κ1) is 33.8. The van der Waals surface area contributed by atoms with Crippen LogP contribution in [0.5, 0.6) is 17.4 Å². The van der Waals surface area contributed by atoms with Crippen LogP contribution >= 0.6 is 0 Å². The number of carbonyl (C=O) groups is 3. The number of sulfonamides is 1. The van der Waals surface area contributed by atoms with Crippen LogP contribution in [0.15, 0.2) is 71.6 Å². The summed E-state index contributed by atoms with van der Waals surface area (Å²) in [7, 11) is -3.00. The smallest absolute Gasteiger partial charge is 0.424 e. The molecule has 1 N–H and O–H groups in total. The van der Waals surface area contributed by atoms with Crippen LogP contribution in [-0.4, -0.2) is 68.7 Å². The van der Waals surface area contributed by atoms with E-state index in [0.717, 1.165) is 38.9 Å². The highest BCUT2D eigenvalue weighted by molar-refractivity contribution is 7.89. The average molecular weight is 662 g/mol. The van der Waals surface area contributed by atoms with Crippen molar-refractivity contribution >= 4 is 33.3 Å². The Morgan fingerprint density at radius 3 is 2.13 bits per heavy atom. The summed E-state index contributed by atoms with van der Waals surface area (Å²) in [5.74, 6) is -3.27. The summed E-state index contributed by atoms with van der Waals surface area (Å²) >= 11 is 0. The summed E-state index contributed by atoms with van der Waals surface area (Å²) in [6.07, 6.45) is 5.52. The van der Waals surface area contributed by atoms with Gasteiger partial charge in [0.05, 0.1) is 17.7 Å². The number of unbranched alkanes of at least 4 members (excludes halogenated alkanes) is 2. The van der Waals surface area contributed by atoms with Crippen molar-refractivity contribution < 1.29 is 37.0 Å². The maximum Gasteiger partial charge on any atom is 0.424 e. The van der Waals surface area contributed by atoms with E-state index >= 15 is 0 Å². The molecular weight excluding hydrogens is 622 g/mol. The Morgan fingerprint density at radius 2 is 1.49 bits per heavy atom. The molecule has 0 amide bonds. The van der Waals surface area contributed by atoms with E-state index in [2.05, 4.69) is 23.5 Å². The Balaban J connectivity index is 1.51. The van der Waals surface area contributed by atoms with Crippen molar-refractivity contribution in [3.63, 3.8) is 0 Å². The standard InChI is InChI=1S/C35H39N3O8S/c1-4-6-20-37(21-7-5-2)22-11-23-44-26-16-14-25(15-17-26)31(39)30-29(24-12-9-8-10-13-24)32-27-18-19-28(47(42,43)36-3)33(38(27)30)46-35(41)34(40)45-32/h8-10,12-19,36H,4-7,11,20-23H2,1-3H3. The van der Waals surface area contributed by atoms with E-state index < -0.39 is 38.5 Å². The molecule has 2 aromatic carbocycles. The number of hydrogen-bond donors (Lipinski definition) is 1. The van der Waals surface area contributed by atoms with Crippen molar-refractivity contribution in [2.24, 2.45) is 0 Å². The van der Waals surface area contributed by atoms with E-state index in [1.807, 2.05) is 0 Å². The normalized spacial score (nSPS) is 13.0. The van der Waals surface area contributed by atoms with Crippen LogP contribution in [0, 0.1) is 0 Å². The first-order chi connectivity index (χ1) is 22.7. The second-order valence-electron chi connectivity index (χ2n) is 11.2. The molecule has 4 bridgehead atoms. The van der Waals surface area contributed by atoms with Gasteiger partial charge in [0.15, 0.2) is 5.75 Å². The van der Waals surface area contributed by atoms with Crippen LogP contribution in [0.4, 0.5) is 0 Å². The zero-order valence-corrected chi connectivity index (χ0v) is 27.6. The average Bonchev–Trinajstić information content (AvgIpc) is 3.43. The Kier molecular flexibility index (Phi) is 10.7. The number of rotatable bonds is 16. The van der Waals surface area contributed by atoms with Gasteiger partial charge in [-0.3, -0.25) is 9.20 Å². The van der Waals surface area contributed by atoms with E-state index in [-0.39, 0.29) is 28.1 Å². The predicted molar refractivity (Wildman–Crippen MR) is 177 cm³/mol. The maximum absolute atomic E-state index is 14.4. The van der Waals surface area contributed by atoms with Crippen LogP contribution in [0.2, 0.25) is 0 Å². The first-order valence-electron chi connectivity index (χ1n) is 15.8. The molecule has 4 aromatic rings. The molecule has 0 atom stereocenters. The molecule has 1 aliphatic heterocycles. The van der Waals surface area contributed by atoms with Gasteiger partial charge < -0.3 is 19.1 Å². The second kappa shape index (κ2) is 14.9. The third kappa shape index (κ3) is 7.24. The van der Waals surface area contributed by atoms with Crippen LogP contribution in [0.3, 0.4) is 0 Å². The van der Waals surface area contributed by atoms with Gasteiger partial charge in [-0.2, -0.15) is 0 Å². The monoisotopic (exact) mass is 661 g/mol. The topological polar surface area (TPSA) is 133 Å². The zero-order chi connectivity index (χ0) is 33.6. The molecular formula is C35H39N3O8S. The van der Waals surface area contributed by atoms with Crippen LogP contribution in [0.1, 0.15) is 62.0 Å². The van der Waals surface area contributed by atoms with Crippen molar-refractivity contribution in [2.75, 3.05) is 33.3 Å². The SMILES string of the molecule is CCCCN(CCCC)CCCOc1ccc(C(=O)c2c(-c3ccccc3)c3c4ccc(S(=O)(=O)NC)c(n24)OC(=O)C(=O)O3)cc1. The van der Waals surface area contributed by atoms with Gasteiger partial charge in [-0.05, 0) is 81.4 Å². The lowest BCUT2D eigenvalue weighted by molar-refractivity contribution is -0.156. The molecule has 11 nitrogen and oxygen atoms in total. The lowest BCUT2D eigenvalue weighted by Crippen LogP contribution is -2.29. The molecule has 0 spiro atoms. The van der Waals surface area contributed by atoms with Gasteiger partial charge in [-0.1, -0.05) is 57.0 Å². The molecule has 0 saturated carbocycles. The van der Waals surface area contributed by atoms with Gasteiger partial charge >= 0.3 is 11.9 Å². The first-order valence-corrected chi connectivity index (χ1v) is 17.3. The number of ether oxygens (including phenoxy) is 3. The number of nitrogens with zero attached hydrogens (tertiary/aromatic N) is 2. The molecule has 0 radical (unpaired) electrons. The molecule has 47 heavy (non-hydrogen) atoms. The minimum absolute atomic E-state index is 0.0419. The third-order valence-corrected chi connectivity index (χ3v) is 9.44. The molecule has 5 rings (SSSR count). The van der Waals surface area contributed by atoms with E-state index in [0.29, 0.717) is 17.9 Å². The van der Waals surface area contributed by atoms with E-state index in [9.17, 15) is 22.8 Å². The van der Waals surface area contributed by atoms with Gasteiger partial charge in [0.25, 0.3) is 0 Å². The number of benzene rings is 2. The minimum Gasteiger partial charge on any atom is -0.494 e. The number of ketones is 1. The maximum atomic E-state index is 14.4. The van der Waals surface area contributed by atoms with Crippen molar-refractivity contribution in [1.82, 2.24) is 14.0 Å². The Labute approximate surface area is 274 Å². The van der Waals surface area contributed by atoms with Crippen LogP contribution in [0.25, 0.3) is 16.6 Å². The summed E-state index contributed by atoms with van der Waals surface area (Å²) < 4.78 is 46.2. The van der Waals surface area contributed by atoms with Crippen LogP contribution in [-0.2, 0) is 19.6 Å². The number of pyridine rings is 1. The minimum atomic E-state index is -4.20. The van der Waals surface area contributed by atoms with Crippen LogP contribution < -0.4 is 18.9 Å². The Hall–Kier alpha value is -4.52. The van der Waals surface area contributed by atoms with Gasteiger partial charge in [0, 0.05) is 12.1 Å². The molecule has 0 saturated heterocycles. The largest absolute Gasteiger partial charge is 0.494 e. The summed E-state index contributed by atoms with van der Waals surface area (Å²) in [6, 6.07) is 18.0. The summed E-state index contributed by atoms with van der Waals surface area (Å²) in [5, 5.41) is 0. The molecule has 0 fully saturated rings. The van der Waals surface area contributed by atoms with Gasteiger partial charge in [-0.25, -0.2) is 22.7 Å². The Bertz CT molecular complexity index is 1860. The number of nitrogens with one attached hydrogen (secondary N) is 1. The fourth-order valence-electron chi connectivity index (χ4n) is 5.55. The summed E-state index contributed by atoms with van der Waals surface area (Å²) in [5.41, 5.74) is 1.10. The van der Waals surface area contributed by atoms with Crippen molar-refractivity contribution in [3.05, 3.63) is 78.0 Å². The van der Waals surface area contributed by atoms with Gasteiger partial charge in [0.1, 0.15) is 16.3 Å². The van der Waals surface area contributed by atoms with Gasteiger partial charge in [0.2, 0.25) is 21.7 Å². The van der Waals surface area contributed by atoms with Gasteiger partial charge in [-0.15, -0.1) is 0 Å². The lowest BCUT2D eigenvalue weighted by atomic mass is 9.99. The van der Waals surface area contributed by atoms with Crippen molar-refractivity contribution in [3.8, 4) is 28.5 Å². The predicted octanol–water partition coefficient (Wildman–Crippen LogP) is 5.24. The molecule has 0 unspecified atom stereocenters. The molecule has 3 heterocycles. The summed E-state index contributed by atoms with van der Waals surface area (Å²) in [4.78, 5) is 41.8. The number of hydrogen-bond acceptors (Lipinski definition) is 9. The third-order valence-electron chi connectivity index (χ3n) is 8.01. The molecule has 248 valence electrons. The van der Waals surface area contributed by atoms with Crippen molar-refractivity contribution in [2.45, 2.75) is 50.8 Å². The molecule has 0 aliphatic carbocycles. The molecule has 2 aromatic heterocycles. The number of aromatic nitrogens is 1. The highest BCUT2D eigenvalue weighted by Crippen LogP contribution is 2.45. The fraction of sp³-hybridized carbons (Fsp3) is 0.343.